The fraction of sp³-hybridized carbons (Fsp3) is 0.154. The lowest BCUT2D eigenvalue weighted by molar-refractivity contribution is -0.117. The van der Waals surface area contributed by atoms with Crippen LogP contribution in [-0.2, 0) is 11.3 Å². The summed E-state index contributed by atoms with van der Waals surface area (Å²) in [5.74, 6) is -0.911. The lowest BCUT2D eigenvalue weighted by Crippen LogP contribution is -2.15. The number of nitrogens with zero attached hydrogens (tertiary/aromatic N) is 2. The Balaban J connectivity index is 1.58. The third-order valence-corrected chi connectivity index (χ3v) is 7.39. The predicted octanol–water partition coefficient (Wildman–Crippen LogP) is 6.78. The van der Waals surface area contributed by atoms with E-state index in [4.69, 9.17) is 4.74 Å². The molecule has 5 nitrogen and oxygen atoms in total. The molecule has 9 heteroatoms. The largest absolute Gasteiger partial charge is 0.480 e. The van der Waals surface area contributed by atoms with E-state index in [1.54, 1.807) is 29.5 Å². The van der Waals surface area contributed by atoms with Gasteiger partial charge in [-0.05, 0) is 72.0 Å². The molecular weight excluding hydrogens is 488 g/mol. The summed E-state index contributed by atoms with van der Waals surface area (Å²) >= 11 is 2.64. The average Bonchev–Trinajstić information content (AvgIpc) is 3.35. The molecule has 4 aromatic rings. The van der Waals surface area contributed by atoms with Gasteiger partial charge in [0.05, 0.1) is 12.0 Å². The van der Waals surface area contributed by atoms with Gasteiger partial charge in [-0.1, -0.05) is 12.1 Å². The molecule has 2 aromatic carbocycles. The molecule has 0 unspecified atom stereocenters. The molecule has 0 radical (unpaired) electrons. The summed E-state index contributed by atoms with van der Waals surface area (Å²) in [6, 6.07) is 15.6. The monoisotopic (exact) mass is 511 g/mol. The SMILES string of the molecule is COc1ncc(-c2ccc(-c3ccc(C)c(CN(C)C=O)c3)s2)cc1NSc1ccc(F)cc1F. The number of aromatic nitrogens is 1. The van der Waals surface area contributed by atoms with Crippen molar-refractivity contribution in [2.75, 3.05) is 18.9 Å². The molecule has 35 heavy (non-hydrogen) atoms. The number of pyridine rings is 1. The van der Waals surface area contributed by atoms with Gasteiger partial charge in [-0.2, -0.15) is 0 Å². The van der Waals surface area contributed by atoms with Gasteiger partial charge in [0.1, 0.15) is 17.3 Å². The maximum atomic E-state index is 14.0. The van der Waals surface area contributed by atoms with Crippen molar-refractivity contribution in [1.82, 2.24) is 9.88 Å². The van der Waals surface area contributed by atoms with Crippen LogP contribution < -0.4 is 9.46 Å². The van der Waals surface area contributed by atoms with Crippen molar-refractivity contribution in [2.45, 2.75) is 18.4 Å². The summed E-state index contributed by atoms with van der Waals surface area (Å²) in [6.45, 7) is 2.58. The maximum absolute atomic E-state index is 14.0. The molecule has 0 aliphatic rings. The van der Waals surface area contributed by atoms with Gasteiger partial charge in [-0.25, -0.2) is 13.8 Å². The molecule has 0 bridgehead atoms. The van der Waals surface area contributed by atoms with Crippen molar-refractivity contribution in [3.63, 3.8) is 0 Å². The van der Waals surface area contributed by atoms with Gasteiger partial charge in [0.25, 0.3) is 0 Å². The van der Waals surface area contributed by atoms with Crippen LogP contribution in [0.1, 0.15) is 11.1 Å². The highest BCUT2D eigenvalue weighted by atomic mass is 32.2. The molecule has 2 heterocycles. The Bertz CT molecular complexity index is 1360. The molecule has 0 aliphatic carbocycles. The first kappa shape index (κ1) is 24.7. The van der Waals surface area contributed by atoms with Crippen molar-refractivity contribution in [1.29, 1.82) is 0 Å². The number of hydrogen-bond acceptors (Lipinski definition) is 6. The number of thiophene rings is 1. The normalized spacial score (nSPS) is 10.8. The van der Waals surface area contributed by atoms with Gasteiger partial charge in [0.15, 0.2) is 0 Å². The Labute approximate surface area is 210 Å². The summed E-state index contributed by atoms with van der Waals surface area (Å²) in [5.41, 5.74) is 4.74. The van der Waals surface area contributed by atoms with Crippen molar-refractivity contribution in [2.24, 2.45) is 0 Å². The van der Waals surface area contributed by atoms with Crippen molar-refractivity contribution < 1.29 is 18.3 Å². The molecular formula is C26H23F2N3O2S2. The summed E-state index contributed by atoms with van der Waals surface area (Å²) in [5, 5.41) is 0. The van der Waals surface area contributed by atoms with E-state index in [1.807, 2.05) is 19.1 Å². The molecule has 0 fully saturated rings. The zero-order valence-electron chi connectivity index (χ0n) is 19.3. The van der Waals surface area contributed by atoms with Crippen molar-refractivity contribution in [3.05, 3.63) is 83.6 Å². The van der Waals surface area contributed by atoms with Crippen LogP contribution in [0, 0.1) is 18.6 Å². The Kier molecular flexibility index (Phi) is 7.67. The van der Waals surface area contributed by atoms with Crippen LogP contribution in [0.2, 0.25) is 0 Å². The second-order valence-corrected chi connectivity index (χ2v) is 9.82. The minimum atomic E-state index is -0.648. The number of rotatable bonds is 9. The first-order chi connectivity index (χ1) is 16.9. The van der Waals surface area contributed by atoms with Gasteiger partial charge < -0.3 is 14.4 Å². The van der Waals surface area contributed by atoms with Gasteiger partial charge >= 0.3 is 0 Å². The molecule has 0 atom stereocenters. The number of benzene rings is 2. The quantitative estimate of drug-likeness (QED) is 0.198. The number of amides is 1. The van der Waals surface area contributed by atoms with Crippen LogP contribution in [0.4, 0.5) is 14.5 Å². The fourth-order valence-corrected chi connectivity index (χ4v) is 5.08. The lowest BCUT2D eigenvalue weighted by Gasteiger charge is -2.14. The Morgan fingerprint density at radius 2 is 1.86 bits per heavy atom. The smallest absolute Gasteiger partial charge is 0.237 e. The van der Waals surface area contributed by atoms with E-state index in [-0.39, 0.29) is 4.90 Å². The number of ether oxygens (including phenoxy) is 1. The number of carbonyl (C=O) groups excluding carboxylic acids is 1. The first-order valence-corrected chi connectivity index (χ1v) is 12.3. The second-order valence-electron chi connectivity index (χ2n) is 7.89. The standard InChI is InChI=1S/C26H23F2N3O2S2/c1-16-4-5-17(10-19(16)14-31(2)15-32)23-8-9-24(34-23)18-11-22(26(33-3)29-13-18)30-35-25-7-6-20(27)12-21(25)28/h4-13,15,30H,14H2,1-3H3. The van der Waals surface area contributed by atoms with E-state index < -0.39 is 11.6 Å². The summed E-state index contributed by atoms with van der Waals surface area (Å²) in [4.78, 5) is 19.4. The third-order valence-electron chi connectivity index (χ3n) is 5.33. The Hall–Kier alpha value is -3.43. The highest BCUT2D eigenvalue weighted by molar-refractivity contribution is 8.00. The number of halogens is 2. The minimum absolute atomic E-state index is 0.257. The minimum Gasteiger partial charge on any atom is -0.480 e. The number of aryl methyl sites for hydroxylation is 1. The van der Waals surface area contributed by atoms with Crippen molar-refractivity contribution >= 4 is 35.4 Å². The lowest BCUT2D eigenvalue weighted by atomic mass is 10.0. The van der Waals surface area contributed by atoms with E-state index in [9.17, 15) is 13.6 Å². The van der Waals surface area contributed by atoms with E-state index >= 15 is 0 Å². The third kappa shape index (κ3) is 5.80. The van der Waals surface area contributed by atoms with E-state index in [0.717, 1.165) is 56.4 Å². The molecule has 0 saturated heterocycles. The van der Waals surface area contributed by atoms with Gasteiger partial charge in [0.2, 0.25) is 12.3 Å². The molecule has 0 spiro atoms. The van der Waals surface area contributed by atoms with Gasteiger partial charge in [-0.15, -0.1) is 11.3 Å². The summed E-state index contributed by atoms with van der Waals surface area (Å²) < 4.78 is 35.6. The number of carbonyl (C=O) groups is 1. The molecule has 0 aliphatic heterocycles. The molecule has 2 aromatic heterocycles. The van der Waals surface area contributed by atoms with Gasteiger partial charge in [0, 0.05) is 41.2 Å². The average molecular weight is 512 g/mol. The Morgan fingerprint density at radius 3 is 2.57 bits per heavy atom. The van der Waals surface area contributed by atoms with Crippen LogP contribution in [0.3, 0.4) is 0 Å². The first-order valence-electron chi connectivity index (χ1n) is 10.7. The topological polar surface area (TPSA) is 54.5 Å². The highest BCUT2D eigenvalue weighted by Crippen LogP contribution is 2.38. The number of methoxy groups -OCH3 is 1. The summed E-state index contributed by atoms with van der Waals surface area (Å²) in [6.07, 6.45) is 2.54. The zero-order chi connectivity index (χ0) is 24.9. The molecule has 180 valence electrons. The Morgan fingerprint density at radius 1 is 1.09 bits per heavy atom. The van der Waals surface area contributed by atoms with Crippen LogP contribution >= 0.6 is 23.3 Å². The fourth-order valence-electron chi connectivity index (χ4n) is 3.44. The van der Waals surface area contributed by atoms with E-state index in [1.165, 1.54) is 19.2 Å². The number of hydrogen-bond donors (Lipinski definition) is 1. The van der Waals surface area contributed by atoms with E-state index in [2.05, 4.69) is 34.0 Å². The van der Waals surface area contributed by atoms with Crippen LogP contribution in [-0.4, -0.2) is 30.5 Å². The number of nitrogens with one attached hydrogen (secondary N) is 1. The molecule has 1 N–H and O–H groups in total. The number of anilines is 1. The van der Waals surface area contributed by atoms with Crippen LogP contribution in [0.15, 0.2) is 65.7 Å². The molecule has 4 rings (SSSR count). The molecule has 0 saturated carbocycles. The summed E-state index contributed by atoms with van der Waals surface area (Å²) in [7, 11) is 3.27. The highest BCUT2D eigenvalue weighted by Gasteiger charge is 2.13. The van der Waals surface area contributed by atoms with Crippen LogP contribution in [0.5, 0.6) is 5.88 Å². The predicted molar refractivity (Wildman–Crippen MR) is 138 cm³/mol. The zero-order valence-corrected chi connectivity index (χ0v) is 21.0. The molecule has 1 amide bonds. The van der Waals surface area contributed by atoms with E-state index in [0.29, 0.717) is 18.1 Å². The second kappa shape index (κ2) is 10.9. The maximum Gasteiger partial charge on any atom is 0.237 e. The van der Waals surface area contributed by atoms with Crippen molar-refractivity contribution in [3.8, 4) is 26.8 Å². The van der Waals surface area contributed by atoms with Gasteiger partial charge in [-0.3, -0.25) is 4.79 Å². The van der Waals surface area contributed by atoms with Crippen LogP contribution in [0.25, 0.3) is 20.9 Å².